The molecule has 7 heteroatoms. The first kappa shape index (κ1) is 20.6. The maximum absolute atomic E-state index is 12.4. The Kier molecular flexibility index (Phi) is 8.38. The van der Waals surface area contributed by atoms with Crippen LogP contribution in [0.3, 0.4) is 0 Å². The van der Waals surface area contributed by atoms with E-state index in [1.54, 1.807) is 13.8 Å². The van der Waals surface area contributed by atoms with Crippen LogP contribution in [-0.4, -0.2) is 40.5 Å². The molecule has 0 fully saturated rings. The number of amides is 1. The highest BCUT2D eigenvalue weighted by Gasteiger charge is 2.19. The first-order chi connectivity index (χ1) is 11.3. The zero-order chi connectivity index (χ0) is 18.2. The smallest absolute Gasteiger partial charge is 0.241 e. The third-order valence-electron chi connectivity index (χ3n) is 3.57. The van der Waals surface area contributed by atoms with E-state index in [4.69, 9.17) is 0 Å². The molecule has 0 saturated heterocycles. The molecule has 0 aromatic heterocycles. The standard InChI is InChI=1S/C17H29N3O3S/c1-5-7-18-9-10-19-16(21)6-8-20-24(22,23)17-14(3)11-13(2)12-15(17)4/h11-12,18,20H,5-10H2,1-4H3,(H,19,21). The van der Waals surface area contributed by atoms with Crippen molar-refractivity contribution in [3.05, 3.63) is 28.8 Å². The maximum Gasteiger partial charge on any atom is 0.241 e. The Labute approximate surface area is 145 Å². The Bertz CT molecular complexity index is 634. The summed E-state index contributed by atoms with van der Waals surface area (Å²) in [6.45, 7) is 9.84. The number of carbonyl (C=O) groups excluding carboxylic acids is 1. The Balaban J connectivity index is 2.48. The van der Waals surface area contributed by atoms with E-state index in [1.807, 2.05) is 19.1 Å². The topological polar surface area (TPSA) is 87.3 Å². The lowest BCUT2D eigenvalue weighted by Gasteiger charge is -2.13. The fourth-order valence-corrected chi connectivity index (χ4v) is 4.12. The molecule has 0 unspecified atom stereocenters. The van der Waals surface area contributed by atoms with Gasteiger partial charge in [-0.05, 0) is 44.9 Å². The minimum atomic E-state index is -3.61. The molecular weight excluding hydrogens is 326 g/mol. The second-order valence-electron chi connectivity index (χ2n) is 5.98. The van der Waals surface area contributed by atoms with Crippen LogP contribution in [0.15, 0.2) is 17.0 Å². The molecule has 24 heavy (non-hydrogen) atoms. The summed E-state index contributed by atoms with van der Waals surface area (Å²) >= 11 is 0. The molecule has 6 nitrogen and oxygen atoms in total. The van der Waals surface area contributed by atoms with Crippen molar-refractivity contribution in [3.63, 3.8) is 0 Å². The van der Waals surface area contributed by atoms with E-state index in [1.165, 1.54) is 0 Å². The van der Waals surface area contributed by atoms with Crippen molar-refractivity contribution < 1.29 is 13.2 Å². The summed E-state index contributed by atoms with van der Waals surface area (Å²) in [5.74, 6) is -0.159. The molecule has 0 aliphatic rings. The van der Waals surface area contributed by atoms with Gasteiger partial charge in [-0.25, -0.2) is 13.1 Å². The molecule has 0 saturated carbocycles. The number of aryl methyl sites for hydroxylation is 3. The van der Waals surface area contributed by atoms with Crippen LogP contribution in [0.2, 0.25) is 0 Å². The minimum absolute atomic E-state index is 0.0866. The molecule has 0 aliphatic heterocycles. The van der Waals surface area contributed by atoms with E-state index >= 15 is 0 Å². The quantitative estimate of drug-likeness (QED) is 0.554. The largest absolute Gasteiger partial charge is 0.355 e. The molecular formula is C17H29N3O3S. The molecule has 0 aliphatic carbocycles. The van der Waals surface area contributed by atoms with Gasteiger partial charge in [-0.1, -0.05) is 24.6 Å². The Morgan fingerprint density at radius 1 is 1.00 bits per heavy atom. The van der Waals surface area contributed by atoms with Crippen LogP contribution in [0.25, 0.3) is 0 Å². The average molecular weight is 356 g/mol. The van der Waals surface area contributed by atoms with Crippen LogP contribution in [0.1, 0.15) is 36.5 Å². The number of benzene rings is 1. The fourth-order valence-electron chi connectivity index (χ4n) is 2.64. The molecule has 0 atom stereocenters. The van der Waals surface area contributed by atoms with Gasteiger partial charge in [-0.2, -0.15) is 0 Å². The lowest BCUT2D eigenvalue weighted by atomic mass is 10.1. The number of carbonyl (C=O) groups is 1. The van der Waals surface area contributed by atoms with Crippen LogP contribution >= 0.6 is 0 Å². The molecule has 1 aromatic carbocycles. The highest BCUT2D eigenvalue weighted by atomic mass is 32.2. The summed E-state index contributed by atoms with van der Waals surface area (Å²) < 4.78 is 27.4. The minimum Gasteiger partial charge on any atom is -0.355 e. The predicted molar refractivity (Wildman–Crippen MR) is 96.6 cm³/mol. The Morgan fingerprint density at radius 3 is 2.21 bits per heavy atom. The Morgan fingerprint density at radius 2 is 1.62 bits per heavy atom. The summed E-state index contributed by atoms with van der Waals surface area (Å²) in [4.78, 5) is 12.0. The lowest BCUT2D eigenvalue weighted by Crippen LogP contribution is -2.35. The number of hydrogen-bond donors (Lipinski definition) is 3. The zero-order valence-electron chi connectivity index (χ0n) is 15.0. The SMILES string of the molecule is CCCNCCNC(=O)CCNS(=O)(=O)c1c(C)cc(C)cc1C. The molecule has 136 valence electrons. The summed E-state index contributed by atoms with van der Waals surface area (Å²) in [6, 6.07) is 3.69. The molecule has 1 amide bonds. The van der Waals surface area contributed by atoms with E-state index in [2.05, 4.69) is 22.3 Å². The molecule has 0 spiro atoms. The number of nitrogens with one attached hydrogen (secondary N) is 3. The number of sulfonamides is 1. The molecule has 3 N–H and O–H groups in total. The Hall–Kier alpha value is -1.44. The van der Waals surface area contributed by atoms with Crippen molar-refractivity contribution in [1.29, 1.82) is 0 Å². The van der Waals surface area contributed by atoms with Crippen molar-refractivity contribution in [3.8, 4) is 0 Å². The summed E-state index contributed by atoms with van der Waals surface area (Å²) in [5, 5.41) is 5.94. The van der Waals surface area contributed by atoms with Crippen LogP contribution in [0.5, 0.6) is 0 Å². The van der Waals surface area contributed by atoms with Crippen molar-refractivity contribution in [1.82, 2.24) is 15.4 Å². The van der Waals surface area contributed by atoms with Crippen LogP contribution in [0, 0.1) is 20.8 Å². The number of hydrogen-bond acceptors (Lipinski definition) is 4. The van der Waals surface area contributed by atoms with Crippen molar-refractivity contribution in [2.45, 2.75) is 45.4 Å². The van der Waals surface area contributed by atoms with Gasteiger partial charge in [0.05, 0.1) is 4.90 Å². The van der Waals surface area contributed by atoms with Gasteiger partial charge in [0, 0.05) is 26.1 Å². The average Bonchev–Trinajstić information content (AvgIpc) is 2.45. The second-order valence-corrected chi connectivity index (χ2v) is 7.68. The van der Waals surface area contributed by atoms with Gasteiger partial charge in [0.15, 0.2) is 0 Å². The van der Waals surface area contributed by atoms with Crippen molar-refractivity contribution >= 4 is 15.9 Å². The highest BCUT2D eigenvalue weighted by Crippen LogP contribution is 2.21. The molecule has 1 aromatic rings. The molecule has 0 radical (unpaired) electrons. The fraction of sp³-hybridized carbons (Fsp3) is 0.588. The van der Waals surface area contributed by atoms with Gasteiger partial charge < -0.3 is 10.6 Å². The van der Waals surface area contributed by atoms with E-state index in [-0.39, 0.29) is 18.9 Å². The predicted octanol–water partition coefficient (Wildman–Crippen LogP) is 1.40. The monoisotopic (exact) mass is 355 g/mol. The molecule has 1 rings (SSSR count). The zero-order valence-corrected chi connectivity index (χ0v) is 15.8. The molecule has 0 heterocycles. The van der Waals surface area contributed by atoms with E-state index in [0.717, 1.165) is 18.5 Å². The summed E-state index contributed by atoms with van der Waals surface area (Å²) in [6.07, 6.45) is 1.17. The van der Waals surface area contributed by atoms with Gasteiger partial charge in [0.1, 0.15) is 0 Å². The second kappa shape index (κ2) is 9.76. The third-order valence-corrected chi connectivity index (χ3v) is 5.33. The van der Waals surface area contributed by atoms with Gasteiger partial charge in [-0.3, -0.25) is 4.79 Å². The van der Waals surface area contributed by atoms with Gasteiger partial charge in [-0.15, -0.1) is 0 Å². The first-order valence-corrected chi connectivity index (χ1v) is 9.81. The van der Waals surface area contributed by atoms with E-state index < -0.39 is 10.0 Å². The maximum atomic E-state index is 12.4. The van der Waals surface area contributed by atoms with Crippen molar-refractivity contribution in [2.24, 2.45) is 0 Å². The molecule has 0 bridgehead atoms. The number of rotatable bonds is 10. The summed E-state index contributed by atoms with van der Waals surface area (Å²) in [5.41, 5.74) is 2.46. The third kappa shape index (κ3) is 6.59. The summed E-state index contributed by atoms with van der Waals surface area (Å²) in [7, 11) is -3.61. The van der Waals surface area contributed by atoms with Gasteiger partial charge in [0.2, 0.25) is 15.9 Å². The van der Waals surface area contributed by atoms with Crippen LogP contribution < -0.4 is 15.4 Å². The van der Waals surface area contributed by atoms with E-state index in [9.17, 15) is 13.2 Å². The van der Waals surface area contributed by atoms with Crippen molar-refractivity contribution in [2.75, 3.05) is 26.2 Å². The van der Waals surface area contributed by atoms with Gasteiger partial charge >= 0.3 is 0 Å². The van der Waals surface area contributed by atoms with Crippen LogP contribution in [0.4, 0.5) is 0 Å². The van der Waals surface area contributed by atoms with Gasteiger partial charge in [0.25, 0.3) is 0 Å². The highest BCUT2D eigenvalue weighted by molar-refractivity contribution is 7.89. The van der Waals surface area contributed by atoms with E-state index in [0.29, 0.717) is 29.1 Å². The normalized spacial score (nSPS) is 11.5. The lowest BCUT2D eigenvalue weighted by molar-refractivity contribution is -0.120. The first-order valence-electron chi connectivity index (χ1n) is 8.33. The van der Waals surface area contributed by atoms with Crippen LogP contribution in [-0.2, 0) is 14.8 Å².